The van der Waals surface area contributed by atoms with Crippen molar-refractivity contribution in [3.05, 3.63) is 53.8 Å². The molecule has 0 atom stereocenters. The predicted octanol–water partition coefficient (Wildman–Crippen LogP) is 5.33. The second-order valence-corrected chi connectivity index (χ2v) is 4.11. The lowest BCUT2D eigenvalue weighted by Crippen LogP contribution is -2.16. The summed E-state index contributed by atoms with van der Waals surface area (Å²) in [5.74, 6) is -1.49. The molecule has 0 unspecified atom stereocenters. The van der Waals surface area contributed by atoms with E-state index in [2.05, 4.69) is 4.74 Å². The highest BCUT2D eigenvalue weighted by molar-refractivity contribution is 5.64. The molecule has 2 rings (SSSR count). The number of halogens is 6. The van der Waals surface area contributed by atoms with Crippen molar-refractivity contribution in [1.29, 1.82) is 0 Å². The standard InChI is InChI=1S/C14H8F6O/c15-12-7-9(3-6-11(12)13(16)17)8-1-4-10(5-2-8)21-14(18,19)20/h1-7,13H. The van der Waals surface area contributed by atoms with Crippen molar-refractivity contribution in [3.63, 3.8) is 0 Å². The van der Waals surface area contributed by atoms with Crippen LogP contribution >= 0.6 is 0 Å². The quantitative estimate of drug-likeness (QED) is 0.696. The third-order valence-electron chi connectivity index (χ3n) is 2.66. The average Bonchev–Trinajstić information content (AvgIpc) is 2.37. The molecular weight excluding hydrogens is 298 g/mol. The monoisotopic (exact) mass is 306 g/mol. The number of hydrogen-bond acceptors (Lipinski definition) is 1. The fraction of sp³-hybridized carbons (Fsp3) is 0.143. The van der Waals surface area contributed by atoms with E-state index in [1.165, 1.54) is 18.2 Å². The number of benzene rings is 2. The Labute approximate surface area is 115 Å². The summed E-state index contributed by atoms with van der Waals surface area (Å²) in [5, 5.41) is 0. The molecule has 1 nitrogen and oxygen atoms in total. The first kappa shape index (κ1) is 15.2. The van der Waals surface area contributed by atoms with E-state index in [1.54, 1.807) is 0 Å². The molecule has 0 N–H and O–H groups in total. The highest BCUT2D eigenvalue weighted by atomic mass is 19.4. The van der Waals surface area contributed by atoms with Gasteiger partial charge in [0.05, 0.1) is 5.56 Å². The molecule has 112 valence electrons. The lowest BCUT2D eigenvalue weighted by atomic mass is 10.0. The maximum Gasteiger partial charge on any atom is 0.573 e. The normalized spacial score (nSPS) is 11.8. The van der Waals surface area contributed by atoms with Gasteiger partial charge in [-0.15, -0.1) is 13.2 Å². The summed E-state index contributed by atoms with van der Waals surface area (Å²) in [6.45, 7) is 0. The molecule has 7 heteroatoms. The third-order valence-corrected chi connectivity index (χ3v) is 2.66. The van der Waals surface area contributed by atoms with E-state index >= 15 is 0 Å². The maximum atomic E-state index is 13.4. The fourth-order valence-electron chi connectivity index (χ4n) is 1.73. The van der Waals surface area contributed by atoms with E-state index in [4.69, 9.17) is 0 Å². The molecule has 0 aliphatic heterocycles. The number of hydrogen-bond donors (Lipinski definition) is 0. The Morgan fingerprint density at radius 1 is 0.857 bits per heavy atom. The summed E-state index contributed by atoms with van der Waals surface area (Å²) < 4.78 is 77.9. The lowest BCUT2D eigenvalue weighted by molar-refractivity contribution is -0.274. The zero-order valence-corrected chi connectivity index (χ0v) is 10.3. The van der Waals surface area contributed by atoms with Crippen molar-refractivity contribution in [3.8, 4) is 16.9 Å². The van der Waals surface area contributed by atoms with Gasteiger partial charge in [-0.3, -0.25) is 0 Å². The zero-order valence-electron chi connectivity index (χ0n) is 10.3. The number of ether oxygens (including phenoxy) is 1. The summed E-state index contributed by atoms with van der Waals surface area (Å²) in [7, 11) is 0. The van der Waals surface area contributed by atoms with Crippen LogP contribution in [0.5, 0.6) is 5.75 Å². The highest BCUT2D eigenvalue weighted by Crippen LogP contribution is 2.29. The van der Waals surface area contributed by atoms with E-state index in [-0.39, 0.29) is 5.56 Å². The van der Waals surface area contributed by atoms with Crippen LogP contribution < -0.4 is 4.74 Å². The largest absolute Gasteiger partial charge is 0.573 e. The molecule has 0 aromatic heterocycles. The molecule has 0 saturated carbocycles. The van der Waals surface area contributed by atoms with Crippen LogP contribution in [-0.4, -0.2) is 6.36 Å². The molecule has 0 spiro atoms. The fourth-order valence-corrected chi connectivity index (χ4v) is 1.73. The Morgan fingerprint density at radius 2 is 1.43 bits per heavy atom. The second-order valence-electron chi connectivity index (χ2n) is 4.11. The van der Waals surface area contributed by atoms with E-state index in [1.807, 2.05) is 0 Å². The summed E-state index contributed by atoms with van der Waals surface area (Å²) in [6.07, 6.45) is -7.73. The minimum Gasteiger partial charge on any atom is -0.406 e. The Morgan fingerprint density at radius 3 is 1.90 bits per heavy atom. The van der Waals surface area contributed by atoms with E-state index < -0.39 is 29.9 Å². The second kappa shape index (κ2) is 5.67. The van der Waals surface area contributed by atoms with Crippen LogP contribution in [0, 0.1) is 5.82 Å². The van der Waals surface area contributed by atoms with Crippen LogP contribution in [0.3, 0.4) is 0 Å². The number of rotatable bonds is 3. The van der Waals surface area contributed by atoms with Gasteiger partial charge in [-0.1, -0.05) is 18.2 Å². The van der Waals surface area contributed by atoms with Gasteiger partial charge in [-0.25, -0.2) is 13.2 Å². The Bertz CT molecular complexity index is 618. The highest BCUT2D eigenvalue weighted by Gasteiger charge is 2.30. The van der Waals surface area contributed by atoms with Gasteiger partial charge < -0.3 is 4.74 Å². The van der Waals surface area contributed by atoms with Gasteiger partial charge in [0, 0.05) is 0 Å². The Hall–Kier alpha value is -2.18. The van der Waals surface area contributed by atoms with E-state index in [0.29, 0.717) is 5.56 Å². The van der Waals surface area contributed by atoms with Gasteiger partial charge in [0.15, 0.2) is 0 Å². The molecule has 2 aromatic rings. The summed E-state index contributed by atoms with van der Waals surface area (Å²) in [6, 6.07) is 7.78. The van der Waals surface area contributed by atoms with Crippen LogP contribution in [0.4, 0.5) is 26.3 Å². The number of alkyl halides is 5. The molecule has 0 radical (unpaired) electrons. The molecule has 2 aromatic carbocycles. The Balaban J connectivity index is 2.25. The summed E-state index contributed by atoms with van der Waals surface area (Å²) >= 11 is 0. The lowest BCUT2D eigenvalue weighted by Gasteiger charge is -2.10. The average molecular weight is 306 g/mol. The van der Waals surface area contributed by atoms with Crippen molar-refractivity contribution in [1.82, 2.24) is 0 Å². The zero-order chi connectivity index (χ0) is 15.6. The molecule has 0 aliphatic carbocycles. The first-order valence-corrected chi connectivity index (χ1v) is 5.70. The summed E-state index contributed by atoms with van der Waals surface area (Å²) in [4.78, 5) is 0. The van der Waals surface area contributed by atoms with Crippen LogP contribution in [0.1, 0.15) is 12.0 Å². The SMILES string of the molecule is Fc1cc(-c2ccc(OC(F)(F)F)cc2)ccc1C(F)F. The third kappa shape index (κ3) is 3.90. The molecule has 0 amide bonds. The molecule has 21 heavy (non-hydrogen) atoms. The van der Waals surface area contributed by atoms with Crippen molar-refractivity contribution < 1.29 is 31.1 Å². The molecule has 0 saturated heterocycles. The maximum absolute atomic E-state index is 13.4. The van der Waals surface area contributed by atoms with Gasteiger partial charge in [-0.2, -0.15) is 0 Å². The van der Waals surface area contributed by atoms with Crippen molar-refractivity contribution in [2.24, 2.45) is 0 Å². The summed E-state index contributed by atoms with van der Waals surface area (Å²) in [5.41, 5.74) is -0.0736. The molecule has 0 aliphatic rings. The first-order chi connectivity index (χ1) is 9.76. The van der Waals surface area contributed by atoms with Crippen LogP contribution in [0.25, 0.3) is 11.1 Å². The molecule has 0 fully saturated rings. The first-order valence-electron chi connectivity index (χ1n) is 5.70. The van der Waals surface area contributed by atoms with Gasteiger partial charge in [-0.05, 0) is 35.4 Å². The van der Waals surface area contributed by atoms with Crippen molar-refractivity contribution >= 4 is 0 Å². The van der Waals surface area contributed by atoms with E-state index in [9.17, 15) is 26.3 Å². The van der Waals surface area contributed by atoms with Gasteiger partial charge in [0.25, 0.3) is 6.43 Å². The van der Waals surface area contributed by atoms with Crippen LogP contribution in [-0.2, 0) is 0 Å². The van der Waals surface area contributed by atoms with E-state index in [0.717, 1.165) is 24.3 Å². The minimum absolute atomic E-state index is 0.274. The Kier molecular flexibility index (Phi) is 4.11. The topological polar surface area (TPSA) is 9.23 Å². The molecule has 0 heterocycles. The molecular formula is C14H8F6O. The van der Waals surface area contributed by atoms with Gasteiger partial charge >= 0.3 is 6.36 Å². The molecule has 0 bridgehead atoms. The van der Waals surface area contributed by atoms with Crippen molar-refractivity contribution in [2.75, 3.05) is 0 Å². The van der Waals surface area contributed by atoms with Gasteiger partial charge in [0.1, 0.15) is 11.6 Å². The van der Waals surface area contributed by atoms with Crippen LogP contribution in [0.2, 0.25) is 0 Å². The van der Waals surface area contributed by atoms with Gasteiger partial charge in [0.2, 0.25) is 0 Å². The van der Waals surface area contributed by atoms with Crippen molar-refractivity contribution in [2.45, 2.75) is 12.8 Å². The smallest absolute Gasteiger partial charge is 0.406 e. The minimum atomic E-state index is -4.80. The van der Waals surface area contributed by atoms with Crippen LogP contribution in [0.15, 0.2) is 42.5 Å². The predicted molar refractivity (Wildman–Crippen MR) is 63.5 cm³/mol.